The number of carbonyl (C=O) groups is 3. The molecule has 0 aliphatic carbocycles. The van der Waals surface area contributed by atoms with Gasteiger partial charge in [0.25, 0.3) is 5.91 Å². The molecule has 3 amide bonds. The summed E-state index contributed by atoms with van der Waals surface area (Å²) in [6.45, 7) is 3.76. The number of benzene rings is 3. The van der Waals surface area contributed by atoms with Crippen LogP contribution in [0.1, 0.15) is 16.7 Å². The first-order valence-corrected chi connectivity index (χ1v) is 12.4. The Balaban J connectivity index is 1.58. The van der Waals surface area contributed by atoms with Crippen LogP contribution in [0, 0.1) is 17.4 Å². The highest BCUT2D eigenvalue weighted by Gasteiger charge is 2.15. The second-order valence-corrected chi connectivity index (χ2v) is 9.43. The third-order valence-electron chi connectivity index (χ3n) is 5.06. The molecule has 192 valence electrons. The number of ether oxygens (including phenoxy) is 2. The van der Waals surface area contributed by atoms with Gasteiger partial charge in [-0.3, -0.25) is 14.4 Å². The van der Waals surface area contributed by atoms with Gasteiger partial charge in [-0.25, -0.2) is 5.43 Å². The zero-order chi connectivity index (χ0) is 26.9. The van der Waals surface area contributed by atoms with E-state index in [-0.39, 0.29) is 12.5 Å². The lowest BCUT2D eigenvalue weighted by atomic mass is 10.1. The summed E-state index contributed by atoms with van der Waals surface area (Å²) in [6.07, 6.45) is 1.35. The molecule has 3 aromatic carbocycles. The highest BCUT2D eigenvalue weighted by atomic mass is 127. The largest absolute Gasteiger partial charge is 0.493 e. The van der Waals surface area contributed by atoms with Crippen LogP contribution in [0.5, 0.6) is 11.5 Å². The Hall–Kier alpha value is -3.64. The quantitative estimate of drug-likeness (QED) is 0.144. The SMILES string of the molecule is COc1cc(/C=N\NC(=O)C(=O)Nc2cccc(Cl)c2)cc(I)c1OCC(=O)Nc1ccc(C)c(C)c1. The fourth-order valence-electron chi connectivity index (χ4n) is 3.08. The van der Waals surface area contributed by atoms with Crippen molar-refractivity contribution in [2.24, 2.45) is 5.10 Å². The van der Waals surface area contributed by atoms with Gasteiger partial charge in [-0.2, -0.15) is 5.10 Å². The van der Waals surface area contributed by atoms with Crippen LogP contribution in [0.4, 0.5) is 11.4 Å². The number of hydrazone groups is 1. The van der Waals surface area contributed by atoms with Crippen molar-refractivity contribution in [1.29, 1.82) is 0 Å². The highest BCUT2D eigenvalue weighted by Crippen LogP contribution is 2.33. The molecule has 37 heavy (non-hydrogen) atoms. The first-order valence-electron chi connectivity index (χ1n) is 10.9. The van der Waals surface area contributed by atoms with Crippen LogP contribution in [0.3, 0.4) is 0 Å². The van der Waals surface area contributed by atoms with Gasteiger partial charge in [0.1, 0.15) is 0 Å². The van der Waals surface area contributed by atoms with E-state index in [0.717, 1.165) is 11.1 Å². The number of nitrogens with zero attached hydrogens (tertiary/aromatic N) is 1. The molecule has 0 atom stereocenters. The minimum Gasteiger partial charge on any atom is -0.493 e. The second-order valence-electron chi connectivity index (χ2n) is 7.83. The molecule has 0 saturated heterocycles. The number of methoxy groups -OCH3 is 1. The Labute approximate surface area is 232 Å². The minimum atomic E-state index is -0.951. The van der Waals surface area contributed by atoms with E-state index in [1.54, 1.807) is 30.3 Å². The highest BCUT2D eigenvalue weighted by molar-refractivity contribution is 14.1. The Bertz CT molecular complexity index is 1360. The van der Waals surface area contributed by atoms with Crippen LogP contribution in [0.15, 0.2) is 59.7 Å². The Morgan fingerprint density at radius 3 is 2.43 bits per heavy atom. The lowest BCUT2D eigenvalue weighted by molar-refractivity contribution is -0.136. The predicted molar refractivity (Wildman–Crippen MR) is 152 cm³/mol. The molecule has 0 radical (unpaired) electrons. The molecular formula is C26H24ClIN4O5. The molecule has 3 aromatic rings. The van der Waals surface area contributed by atoms with Gasteiger partial charge in [0.05, 0.1) is 16.9 Å². The van der Waals surface area contributed by atoms with Crippen LogP contribution in [0.25, 0.3) is 0 Å². The van der Waals surface area contributed by atoms with Gasteiger partial charge in [-0.1, -0.05) is 23.7 Å². The number of nitrogens with one attached hydrogen (secondary N) is 3. The summed E-state index contributed by atoms with van der Waals surface area (Å²) >= 11 is 7.91. The average molecular weight is 635 g/mol. The fraction of sp³-hybridized carbons (Fsp3) is 0.154. The van der Waals surface area contributed by atoms with E-state index < -0.39 is 11.8 Å². The van der Waals surface area contributed by atoms with Crippen molar-refractivity contribution in [3.05, 3.63) is 79.9 Å². The van der Waals surface area contributed by atoms with Crippen molar-refractivity contribution in [1.82, 2.24) is 5.43 Å². The monoisotopic (exact) mass is 634 g/mol. The Morgan fingerprint density at radius 1 is 0.973 bits per heavy atom. The molecule has 0 spiro atoms. The first kappa shape index (κ1) is 27.9. The van der Waals surface area contributed by atoms with Crippen molar-refractivity contribution in [3.8, 4) is 11.5 Å². The molecular weight excluding hydrogens is 611 g/mol. The number of hydrogen-bond donors (Lipinski definition) is 3. The summed E-state index contributed by atoms with van der Waals surface area (Å²) in [5, 5.41) is 9.49. The van der Waals surface area contributed by atoms with E-state index in [9.17, 15) is 14.4 Å². The Morgan fingerprint density at radius 2 is 1.73 bits per heavy atom. The number of anilines is 2. The third kappa shape index (κ3) is 8.19. The summed E-state index contributed by atoms with van der Waals surface area (Å²) in [5.74, 6) is -1.40. The second kappa shape index (κ2) is 13.1. The van der Waals surface area contributed by atoms with Crippen molar-refractivity contribution in [2.45, 2.75) is 13.8 Å². The van der Waals surface area contributed by atoms with Gasteiger partial charge in [0.2, 0.25) is 0 Å². The predicted octanol–water partition coefficient (Wildman–Crippen LogP) is 4.68. The fourth-order valence-corrected chi connectivity index (χ4v) is 4.05. The number of hydrogen-bond acceptors (Lipinski definition) is 6. The molecule has 0 aliphatic rings. The molecule has 0 fully saturated rings. The molecule has 0 aromatic heterocycles. The first-order chi connectivity index (χ1) is 17.7. The number of halogens is 2. The van der Waals surface area contributed by atoms with Crippen LogP contribution < -0.4 is 25.5 Å². The maximum atomic E-state index is 12.4. The molecule has 3 rings (SSSR count). The van der Waals surface area contributed by atoms with Gasteiger partial charge in [-0.05, 0) is 95.6 Å². The lowest BCUT2D eigenvalue weighted by Gasteiger charge is -2.14. The van der Waals surface area contributed by atoms with Crippen LogP contribution in [-0.2, 0) is 14.4 Å². The average Bonchev–Trinajstić information content (AvgIpc) is 2.85. The summed E-state index contributed by atoms with van der Waals surface area (Å²) in [7, 11) is 1.47. The molecule has 0 saturated carbocycles. The molecule has 11 heteroatoms. The van der Waals surface area contributed by atoms with E-state index in [0.29, 0.717) is 37.0 Å². The molecule has 0 heterocycles. The van der Waals surface area contributed by atoms with Gasteiger partial charge in [0.15, 0.2) is 18.1 Å². The zero-order valence-corrected chi connectivity index (χ0v) is 23.1. The molecule has 0 aliphatic heterocycles. The molecule has 0 bridgehead atoms. The number of carbonyl (C=O) groups excluding carboxylic acids is 3. The molecule has 3 N–H and O–H groups in total. The summed E-state index contributed by atoms with van der Waals surface area (Å²) in [4.78, 5) is 36.4. The number of rotatable bonds is 8. The maximum absolute atomic E-state index is 12.4. The standard InChI is InChI=1S/C26H24ClIN4O5/c1-15-7-8-20(9-16(15)2)30-23(33)14-37-24-21(28)10-17(11-22(24)36-3)13-29-32-26(35)25(34)31-19-6-4-5-18(27)12-19/h4-13H,14H2,1-3H3,(H,30,33)(H,31,34)(H,32,35)/b29-13-. The van der Waals surface area contributed by atoms with Crippen molar-refractivity contribution < 1.29 is 23.9 Å². The summed E-state index contributed by atoms with van der Waals surface area (Å²) in [5.41, 5.74) is 6.02. The summed E-state index contributed by atoms with van der Waals surface area (Å²) < 4.78 is 11.8. The van der Waals surface area contributed by atoms with Gasteiger partial charge < -0.3 is 20.1 Å². The summed E-state index contributed by atoms with van der Waals surface area (Å²) in [6, 6.07) is 15.4. The van der Waals surface area contributed by atoms with Crippen LogP contribution >= 0.6 is 34.2 Å². The maximum Gasteiger partial charge on any atom is 0.329 e. The van der Waals surface area contributed by atoms with E-state index in [1.165, 1.54) is 19.4 Å². The van der Waals surface area contributed by atoms with E-state index in [2.05, 4.69) is 21.2 Å². The van der Waals surface area contributed by atoms with Gasteiger partial charge in [0, 0.05) is 16.4 Å². The van der Waals surface area contributed by atoms with E-state index in [1.807, 2.05) is 54.6 Å². The minimum absolute atomic E-state index is 0.218. The Kier molecular flexibility index (Phi) is 9.86. The van der Waals surface area contributed by atoms with Crippen LogP contribution in [-0.4, -0.2) is 37.7 Å². The topological polar surface area (TPSA) is 118 Å². The normalized spacial score (nSPS) is 10.6. The van der Waals surface area contributed by atoms with Crippen molar-refractivity contribution in [3.63, 3.8) is 0 Å². The van der Waals surface area contributed by atoms with E-state index >= 15 is 0 Å². The van der Waals surface area contributed by atoms with E-state index in [4.69, 9.17) is 21.1 Å². The molecule has 9 nitrogen and oxygen atoms in total. The smallest absolute Gasteiger partial charge is 0.329 e. The third-order valence-corrected chi connectivity index (χ3v) is 6.09. The van der Waals surface area contributed by atoms with Crippen molar-refractivity contribution in [2.75, 3.05) is 24.4 Å². The van der Waals surface area contributed by atoms with Gasteiger partial charge in [-0.15, -0.1) is 0 Å². The molecule has 0 unspecified atom stereocenters. The number of aryl methyl sites for hydroxylation is 2. The zero-order valence-electron chi connectivity index (χ0n) is 20.2. The van der Waals surface area contributed by atoms with Crippen molar-refractivity contribution >= 4 is 69.5 Å². The number of amides is 3. The lowest BCUT2D eigenvalue weighted by Crippen LogP contribution is -2.32. The van der Waals surface area contributed by atoms with Crippen LogP contribution in [0.2, 0.25) is 5.02 Å². The van der Waals surface area contributed by atoms with Gasteiger partial charge >= 0.3 is 11.8 Å².